The van der Waals surface area contributed by atoms with Gasteiger partial charge < -0.3 is 15.4 Å². The van der Waals surface area contributed by atoms with Crippen molar-refractivity contribution in [3.8, 4) is 5.75 Å². The molecule has 1 aromatic carbocycles. The van der Waals surface area contributed by atoms with Gasteiger partial charge in [0.15, 0.2) is 0 Å². The first kappa shape index (κ1) is 16.0. The van der Waals surface area contributed by atoms with Gasteiger partial charge in [-0.25, -0.2) is 0 Å². The van der Waals surface area contributed by atoms with Crippen molar-refractivity contribution in [3.05, 3.63) is 29.8 Å². The topological polar surface area (TPSA) is 38.5 Å². The summed E-state index contributed by atoms with van der Waals surface area (Å²) in [6, 6.07) is 8.02. The van der Waals surface area contributed by atoms with E-state index in [1.165, 1.54) is 6.42 Å². The second-order valence-electron chi connectivity index (χ2n) is 5.21. The predicted octanol–water partition coefficient (Wildman–Crippen LogP) is 3.06. The summed E-state index contributed by atoms with van der Waals surface area (Å²) in [6.07, 6.45) is 1.21. The maximum atomic E-state index is 6.34. The average molecular weight is 264 g/mol. The van der Waals surface area contributed by atoms with Gasteiger partial charge in [-0.1, -0.05) is 45.4 Å². The highest BCUT2D eigenvalue weighted by molar-refractivity contribution is 5.35. The van der Waals surface area contributed by atoms with E-state index in [4.69, 9.17) is 10.5 Å². The van der Waals surface area contributed by atoms with Crippen LogP contribution in [-0.2, 0) is 0 Å². The van der Waals surface area contributed by atoms with Crippen LogP contribution in [0.4, 0.5) is 0 Å². The molecule has 3 heteroatoms. The lowest BCUT2D eigenvalue weighted by Gasteiger charge is -2.27. The van der Waals surface area contributed by atoms with E-state index in [9.17, 15) is 0 Å². The highest BCUT2D eigenvalue weighted by Crippen LogP contribution is 2.24. The van der Waals surface area contributed by atoms with E-state index in [0.717, 1.165) is 30.9 Å². The molecule has 108 valence electrons. The molecule has 2 atom stereocenters. The molecular formula is C16H28N2O. The summed E-state index contributed by atoms with van der Waals surface area (Å²) in [7, 11) is 1.70. The van der Waals surface area contributed by atoms with Crippen LogP contribution in [0.1, 0.15) is 38.8 Å². The number of ether oxygens (including phenoxy) is 1. The Labute approximate surface area is 117 Å². The molecule has 2 unspecified atom stereocenters. The third-order valence-corrected chi connectivity index (χ3v) is 3.71. The Balaban J connectivity index is 2.68. The number of methoxy groups -OCH3 is 1. The maximum Gasteiger partial charge on any atom is 0.123 e. The Bertz CT molecular complexity index is 368. The predicted molar refractivity (Wildman–Crippen MR) is 81.5 cm³/mol. The van der Waals surface area contributed by atoms with Crippen LogP contribution in [-0.4, -0.2) is 31.6 Å². The Morgan fingerprint density at radius 3 is 2.47 bits per heavy atom. The minimum atomic E-state index is 0.000145. The smallest absolute Gasteiger partial charge is 0.123 e. The molecule has 0 aliphatic rings. The van der Waals surface area contributed by atoms with Crippen molar-refractivity contribution in [2.24, 2.45) is 11.7 Å². The lowest BCUT2D eigenvalue weighted by Crippen LogP contribution is -2.35. The molecule has 19 heavy (non-hydrogen) atoms. The van der Waals surface area contributed by atoms with Gasteiger partial charge in [0.2, 0.25) is 0 Å². The molecule has 0 radical (unpaired) electrons. The molecule has 2 N–H and O–H groups in total. The van der Waals surface area contributed by atoms with Crippen molar-refractivity contribution < 1.29 is 4.74 Å². The fourth-order valence-corrected chi connectivity index (χ4v) is 2.25. The minimum Gasteiger partial charge on any atom is -0.496 e. The molecule has 0 bridgehead atoms. The van der Waals surface area contributed by atoms with Gasteiger partial charge in [0.25, 0.3) is 0 Å². The number of nitrogens with zero attached hydrogens (tertiary/aromatic N) is 1. The Hall–Kier alpha value is -1.06. The van der Waals surface area contributed by atoms with Crippen molar-refractivity contribution in [1.82, 2.24) is 4.90 Å². The summed E-state index contributed by atoms with van der Waals surface area (Å²) in [5.74, 6) is 1.60. The summed E-state index contributed by atoms with van der Waals surface area (Å²) >= 11 is 0. The van der Waals surface area contributed by atoms with Crippen LogP contribution in [0.15, 0.2) is 24.3 Å². The first-order chi connectivity index (χ1) is 9.12. The van der Waals surface area contributed by atoms with Gasteiger partial charge in [0, 0.05) is 24.7 Å². The molecule has 3 nitrogen and oxygen atoms in total. The van der Waals surface area contributed by atoms with Crippen molar-refractivity contribution in [1.29, 1.82) is 0 Å². The zero-order valence-electron chi connectivity index (χ0n) is 12.7. The van der Waals surface area contributed by atoms with E-state index < -0.39 is 0 Å². The molecular weight excluding hydrogens is 236 g/mol. The van der Waals surface area contributed by atoms with Gasteiger partial charge in [-0.3, -0.25) is 0 Å². The molecule has 0 spiro atoms. The van der Waals surface area contributed by atoms with Crippen LogP contribution in [0.3, 0.4) is 0 Å². The minimum absolute atomic E-state index is 0.000145. The number of hydrogen-bond acceptors (Lipinski definition) is 3. The number of benzene rings is 1. The van der Waals surface area contributed by atoms with Gasteiger partial charge in [0.05, 0.1) is 7.11 Å². The van der Waals surface area contributed by atoms with E-state index in [2.05, 4.69) is 31.7 Å². The zero-order valence-corrected chi connectivity index (χ0v) is 12.7. The third-order valence-electron chi connectivity index (χ3n) is 3.71. The monoisotopic (exact) mass is 264 g/mol. The van der Waals surface area contributed by atoms with E-state index in [1.807, 2.05) is 18.2 Å². The molecule has 0 saturated carbocycles. The van der Waals surface area contributed by atoms with Crippen molar-refractivity contribution >= 4 is 0 Å². The number of likely N-dealkylation sites (N-methyl/N-ethyl adjacent to an activating group) is 1. The third kappa shape index (κ3) is 4.84. The van der Waals surface area contributed by atoms with Crippen LogP contribution in [0.5, 0.6) is 5.75 Å². The number of nitrogens with two attached hydrogens (primary N) is 1. The Kier molecular flexibility index (Phi) is 6.89. The SMILES string of the molecule is CCC(C)CN(CC)CC(N)c1ccccc1OC. The quantitative estimate of drug-likeness (QED) is 0.784. The average Bonchev–Trinajstić information content (AvgIpc) is 2.45. The second-order valence-corrected chi connectivity index (χ2v) is 5.21. The van der Waals surface area contributed by atoms with E-state index in [-0.39, 0.29) is 6.04 Å². The number of rotatable bonds is 8. The van der Waals surface area contributed by atoms with Gasteiger partial charge in [0.1, 0.15) is 5.75 Å². The van der Waals surface area contributed by atoms with Gasteiger partial charge in [-0.15, -0.1) is 0 Å². The molecule has 0 heterocycles. The maximum absolute atomic E-state index is 6.34. The van der Waals surface area contributed by atoms with Crippen LogP contribution in [0, 0.1) is 5.92 Å². The first-order valence-corrected chi connectivity index (χ1v) is 7.23. The lowest BCUT2D eigenvalue weighted by atomic mass is 10.0. The highest BCUT2D eigenvalue weighted by atomic mass is 16.5. The largest absolute Gasteiger partial charge is 0.496 e. The molecule has 0 aliphatic heterocycles. The normalized spacial score (nSPS) is 14.4. The second kappa shape index (κ2) is 8.18. The Morgan fingerprint density at radius 1 is 1.21 bits per heavy atom. The summed E-state index contributed by atoms with van der Waals surface area (Å²) in [4.78, 5) is 2.42. The van der Waals surface area contributed by atoms with Crippen molar-refractivity contribution in [2.75, 3.05) is 26.7 Å². The van der Waals surface area contributed by atoms with E-state index in [0.29, 0.717) is 5.92 Å². The number of para-hydroxylation sites is 1. The fourth-order valence-electron chi connectivity index (χ4n) is 2.25. The summed E-state index contributed by atoms with van der Waals surface area (Å²) < 4.78 is 5.39. The lowest BCUT2D eigenvalue weighted by molar-refractivity contribution is 0.231. The van der Waals surface area contributed by atoms with Crippen LogP contribution >= 0.6 is 0 Å². The molecule has 0 aliphatic carbocycles. The van der Waals surface area contributed by atoms with Crippen LogP contribution in [0.25, 0.3) is 0 Å². The van der Waals surface area contributed by atoms with Crippen LogP contribution < -0.4 is 10.5 Å². The van der Waals surface area contributed by atoms with E-state index in [1.54, 1.807) is 7.11 Å². The first-order valence-electron chi connectivity index (χ1n) is 7.23. The summed E-state index contributed by atoms with van der Waals surface area (Å²) in [5, 5.41) is 0. The molecule has 0 fully saturated rings. The van der Waals surface area contributed by atoms with E-state index >= 15 is 0 Å². The fraction of sp³-hybridized carbons (Fsp3) is 0.625. The van der Waals surface area contributed by atoms with Crippen molar-refractivity contribution in [3.63, 3.8) is 0 Å². The zero-order chi connectivity index (χ0) is 14.3. The van der Waals surface area contributed by atoms with Gasteiger partial charge in [-0.2, -0.15) is 0 Å². The molecule has 0 aromatic heterocycles. The molecule has 1 rings (SSSR count). The molecule has 0 amide bonds. The summed E-state index contributed by atoms with van der Waals surface area (Å²) in [6.45, 7) is 9.73. The summed E-state index contributed by atoms with van der Waals surface area (Å²) in [5.41, 5.74) is 7.43. The molecule has 0 saturated heterocycles. The standard InChI is InChI=1S/C16H28N2O/c1-5-13(3)11-18(6-2)12-15(17)14-9-7-8-10-16(14)19-4/h7-10,13,15H,5-6,11-12,17H2,1-4H3. The Morgan fingerprint density at radius 2 is 1.89 bits per heavy atom. The van der Waals surface area contributed by atoms with Crippen LogP contribution in [0.2, 0.25) is 0 Å². The van der Waals surface area contributed by atoms with Gasteiger partial charge in [-0.05, 0) is 18.5 Å². The highest BCUT2D eigenvalue weighted by Gasteiger charge is 2.16. The van der Waals surface area contributed by atoms with Crippen molar-refractivity contribution in [2.45, 2.75) is 33.2 Å². The van der Waals surface area contributed by atoms with Gasteiger partial charge >= 0.3 is 0 Å². The molecule has 1 aromatic rings. The number of hydrogen-bond donors (Lipinski definition) is 1.